The van der Waals surface area contributed by atoms with Gasteiger partial charge in [0, 0.05) is 51.8 Å². The molecule has 4 heterocycles. The number of rotatable bonds is 6. The molecule has 3 aromatic rings. The summed E-state index contributed by atoms with van der Waals surface area (Å²) >= 11 is 0. The zero-order valence-corrected chi connectivity index (χ0v) is 16.1. The summed E-state index contributed by atoms with van der Waals surface area (Å²) in [6, 6.07) is 3.96. The van der Waals surface area contributed by atoms with Crippen molar-refractivity contribution in [2.75, 3.05) is 30.4 Å². The van der Waals surface area contributed by atoms with Gasteiger partial charge in [0.1, 0.15) is 23.2 Å². The largest absolute Gasteiger partial charge is 0.573 e. The fourth-order valence-electron chi connectivity index (χ4n) is 2.91. The summed E-state index contributed by atoms with van der Waals surface area (Å²) in [5.74, 6) is 1.22. The lowest BCUT2D eigenvalue weighted by atomic mass is 10.1. The average molecular weight is 421 g/mol. The van der Waals surface area contributed by atoms with Gasteiger partial charge < -0.3 is 19.7 Å². The van der Waals surface area contributed by atoms with Crippen LogP contribution in [0.2, 0.25) is 0 Å². The third-order valence-corrected chi connectivity index (χ3v) is 4.40. The van der Waals surface area contributed by atoms with Crippen LogP contribution in [0.4, 0.5) is 30.6 Å². The Bertz CT molecular complexity index is 1030. The van der Waals surface area contributed by atoms with Crippen LogP contribution in [-0.2, 0) is 11.8 Å². The van der Waals surface area contributed by atoms with Gasteiger partial charge in [0.05, 0.1) is 17.9 Å². The molecular weight excluding hydrogens is 403 g/mol. The van der Waals surface area contributed by atoms with E-state index in [0.717, 1.165) is 12.1 Å². The van der Waals surface area contributed by atoms with Crippen LogP contribution in [-0.4, -0.2) is 57.4 Å². The van der Waals surface area contributed by atoms with Gasteiger partial charge in [0.2, 0.25) is 0 Å². The van der Waals surface area contributed by atoms with E-state index in [9.17, 15) is 13.2 Å². The average Bonchev–Trinajstić information content (AvgIpc) is 3.06. The van der Waals surface area contributed by atoms with Crippen molar-refractivity contribution >= 4 is 17.5 Å². The van der Waals surface area contributed by atoms with Crippen molar-refractivity contribution in [3.05, 3.63) is 36.8 Å². The molecule has 12 heteroatoms. The van der Waals surface area contributed by atoms with Gasteiger partial charge in [-0.3, -0.25) is 4.68 Å². The number of anilines is 3. The predicted octanol–water partition coefficient (Wildman–Crippen LogP) is 2.75. The molecule has 9 nitrogen and oxygen atoms in total. The molecule has 1 N–H and O–H groups in total. The van der Waals surface area contributed by atoms with E-state index in [0.29, 0.717) is 36.1 Å². The van der Waals surface area contributed by atoms with Gasteiger partial charge in [-0.25, -0.2) is 15.0 Å². The van der Waals surface area contributed by atoms with Crippen molar-refractivity contribution in [1.82, 2.24) is 24.7 Å². The highest BCUT2D eigenvalue weighted by atomic mass is 19.4. The maximum atomic E-state index is 12.5. The first-order valence-electron chi connectivity index (χ1n) is 8.94. The van der Waals surface area contributed by atoms with Gasteiger partial charge in [-0.1, -0.05) is 0 Å². The van der Waals surface area contributed by atoms with Crippen molar-refractivity contribution in [3.8, 4) is 17.1 Å². The highest BCUT2D eigenvalue weighted by Crippen LogP contribution is 2.29. The number of alkyl halides is 3. The molecule has 1 fully saturated rings. The monoisotopic (exact) mass is 421 g/mol. The minimum atomic E-state index is -4.79. The topological polar surface area (TPSA) is 90.2 Å². The summed E-state index contributed by atoms with van der Waals surface area (Å²) in [5, 5.41) is 7.05. The lowest BCUT2D eigenvalue weighted by molar-refractivity contribution is -0.274. The third kappa shape index (κ3) is 4.59. The van der Waals surface area contributed by atoms with Crippen LogP contribution < -0.4 is 15.0 Å². The maximum absolute atomic E-state index is 12.5. The molecule has 0 amide bonds. The SMILES string of the molecule is COC1CN(c2cc(Nc3cc(OC(F)(F)F)ccn3)nc(-c3cnn(C)c3)n2)C1. The molecule has 0 radical (unpaired) electrons. The zero-order chi connectivity index (χ0) is 21.3. The molecule has 0 aliphatic carbocycles. The molecular formula is C18H18F3N7O2. The molecule has 0 atom stereocenters. The molecule has 0 unspecified atom stereocenters. The Hall–Kier alpha value is -3.41. The maximum Gasteiger partial charge on any atom is 0.573 e. The predicted molar refractivity (Wildman–Crippen MR) is 101 cm³/mol. The fourth-order valence-corrected chi connectivity index (χ4v) is 2.91. The fraction of sp³-hybridized carbons (Fsp3) is 0.333. The molecule has 3 aromatic heterocycles. The molecule has 1 aliphatic heterocycles. The number of aromatic nitrogens is 5. The lowest BCUT2D eigenvalue weighted by Crippen LogP contribution is -2.52. The van der Waals surface area contributed by atoms with Crippen LogP contribution >= 0.6 is 0 Å². The lowest BCUT2D eigenvalue weighted by Gasteiger charge is -2.39. The molecule has 0 saturated carbocycles. The quantitative estimate of drug-likeness (QED) is 0.650. The van der Waals surface area contributed by atoms with Crippen LogP contribution in [0.1, 0.15) is 0 Å². The first-order chi connectivity index (χ1) is 14.3. The van der Waals surface area contributed by atoms with Crippen LogP contribution in [0, 0.1) is 0 Å². The van der Waals surface area contributed by atoms with E-state index in [1.807, 2.05) is 4.90 Å². The van der Waals surface area contributed by atoms with Crippen molar-refractivity contribution in [2.45, 2.75) is 12.5 Å². The van der Waals surface area contributed by atoms with E-state index in [1.54, 1.807) is 37.3 Å². The second-order valence-electron chi connectivity index (χ2n) is 6.65. The standard InChI is InChI=1S/C18H18F3N7O2/c1-27-8-11(7-23-27)17-25-15(6-16(26-17)28-9-13(10-28)29-2)24-14-5-12(3-4-22-14)30-18(19,20)21/h3-8,13H,9-10H2,1-2H3,(H,22,24,25,26). The van der Waals surface area contributed by atoms with Crippen LogP contribution in [0.25, 0.3) is 11.4 Å². The van der Waals surface area contributed by atoms with E-state index in [1.165, 1.54) is 6.20 Å². The minimum Gasteiger partial charge on any atom is -0.406 e. The van der Waals surface area contributed by atoms with Crippen LogP contribution in [0.15, 0.2) is 36.8 Å². The number of methoxy groups -OCH3 is 1. The number of halogens is 3. The number of nitrogens with zero attached hydrogens (tertiary/aromatic N) is 6. The third-order valence-electron chi connectivity index (χ3n) is 4.40. The van der Waals surface area contributed by atoms with E-state index in [2.05, 4.69) is 30.1 Å². The summed E-state index contributed by atoms with van der Waals surface area (Å²) in [7, 11) is 3.43. The molecule has 0 spiro atoms. The molecule has 30 heavy (non-hydrogen) atoms. The number of pyridine rings is 1. The number of nitrogens with one attached hydrogen (secondary N) is 1. The normalized spacial score (nSPS) is 14.5. The Morgan fingerprint density at radius 3 is 2.63 bits per heavy atom. The number of hydrogen-bond acceptors (Lipinski definition) is 8. The van der Waals surface area contributed by atoms with Gasteiger partial charge in [0.25, 0.3) is 0 Å². The van der Waals surface area contributed by atoms with Crippen molar-refractivity contribution in [1.29, 1.82) is 0 Å². The Morgan fingerprint density at radius 2 is 1.97 bits per heavy atom. The first kappa shape index (κ1) is 19.9. The van der Waals surface area contributed by atoms with E-state index in [-0.39, 0.29) is 17.7 Å². The van der Waals surface area contributed by atoms with Gasteiger partial charge in [-0.2, -0.15) is 5.10 Å². The first-order valence-corrected chi connectivity index (χ1v) is 8.94. The molecule has 0 bridgehead atoms. The van der Waals surface area contributed by atoms with Crippen molar-refractivity contribution in [2.24, 2.45) is 7.05 Å². The highest BCUT2D eigenvalue weighted by molar-refractivity contribution is 5.64. The van der Waals surface area contributed by atoms with E-state index < -0.39 is 6.36 Å². The molecule has 1 saturated heterocycles. The summed E-state index contributed by atoms with van der Waals surface area (Å²) in [5.41, 5.74) is 0.702. The van der Waals surface area contributed by atoms with Crippen molar-refractivity contribution in [3.63, 3.8) is 0 Å². The Morgan fingerprint density at radius 1 is 1.17 bits per heavy atom. The summed E-state index contributed by atoms with van der Waals surface area (Å²) in [6.07, 6.45) is -0.0495. The van der Waals surface area contributed by atoms with Crippen LogP contribution in [0.5, 0.6) is 5.75 Å². The van der Waals surface area contributed by atoms with E-state index in [4.69, 9.17) is 4.74 Å². The second-order valence-corrected chi connectivity index (χ2v) is 6.65. The molecule has 0 aromatic carbocycles. The van der Waals surface area contributed by atoms with Gasteiger partial charge in [0.15, 0.2) is 5.82 Å². The number of aryl methyl sites for hydroxylation is 1. The Balaban J connectivity index is 1.63. The Kier molecular flexibility index (Phi) is 5.16. The summed E-state index contributed by atoms with van der Waals surface area (Å²) in [6.45, 7) is 1.35. The Labute approximate surface area is 169 Å². The van der Waals surface area contributed by atoms with Gasteiger partial charge in [-0.15, -0.1) is 13.2 Å². The smallest absolute Gasteiger partial charge is 0.406 e. The molecule has 4 rings (SSSR count). The molecule has 1 aliphatic rings. The van der Waals surface area contributed by atoms with Gasteiger partial charge in [-0.05, 0) is 6.07 Å². The van der Waals surface area contributed by atoms with Crippen molar-refractivity contribution < 1.29 is 22.6 Å². The highest BCUT2D eigenvalue weighted by Gasteiger charge is 2.31. The number of hydrogen-bond donors (Lipinski definition) is 1. The number of ether oxygens (including phenoxy) is 2. The molecule has 158 valence electrons. The van der Waals surface area contributed by atoms with Gasteiger partial charge >= 0.3 is 6.36 Å². The second kappa shape index (κ2) is 7.78. The summed E-state index contributed by atoms with van der Waals surface area (Å²) < 4.78 is 48.3. The van der Waals surface area contributed by atoms with E-state index >= 15 is 0 Å². The zero-order valence-electron chi connectivity index (χ0n) is 16.1. The summed E-state index contributed by atoms with van der Waals surface area (Å²) in [4.78, 5) is 15.1. The van der Waals surface area contributed by atoms with Crippen LogP contribution in [0.3, 0.4) is 0 Å². The minimum absolute atomic E-state index is 0.121.